The molecule has 0 bridgehead atoms. The Morgan fingerprint density at radius 2 is 2.42 bits per heavy atom. The third kappa shape index (κ3) is 2.33. The first kappa shape index (κ1) is 8.76. The van der Waals surface area contributed by atoms with Crippen molar-refractivity contribution in [2.75, 3.05) is 0 Å². The molecule has 1 aliphatic carbocycles. The predicted octanol–water partition coefficient (Wildman–Crippen LogP) is 3.85. The van der Waals surface area contributed by atoms with Crippen molar-refractivity contribution in [3.05, 3.63) is 22.4 Å². The summed E-state index contributed by atoms with van der Waals surface area (Å²) in [6, 6.07) is 2.23. The average Bonchev–Trinajstić information content (AvgIpc) is 2.80. The molecule has 1 heterocycles. The lowest BCUT2D eigenvalue weighted by Gasteiger charge is -2.05. The van der Waals surface area contributed by atoms with Gasteiger partial charge >= 0.3 is 0 Å². The van der Waals surface area contributed by atoms with Crippen molar-refractivity contribution in [1.29, 1.82) is 0 Å². The van der Waals surface area contributed by atoms with Gasteiger partial charge in [-0.15, -0.1) is 0 Å². The van der Waals surface area contributed by atoms with Crippen molar-refractivity contribution in [2.24, 2.45) is 5.92 Å². The Bertz CT molecular complexity index is 226. The molecule has 0 N–H and O–H groups in total. The second-order valence-corrected chi connectivity index (χ2v) is 5.48. The smallest absolute Gasteiger partial charge is 0.0177 e. The average molecular weight is 245 g/mol. The molecular formula is C10H13BrS. The zero-order chi connectivity index (χ0) is 8.39. The van der Waals surface area contributed by atoms with Gasteiger partial charge in [-0.25, -0.2) is 0 Å². The van der Waals surface area contributed by atoms with Gasteiger partial charge in [-0.2, -0.15) is 11.3 Å². The van der Waals surface area contributed by atoms with E-state index in [9.17, 15) is 0 Å². The lowest BCUT2D eigenvalue weighted by atomic mass is 10.1. The van der Waals surface area contributed by atoms with Crippen LogP contribution in [0.15, 0.2) is 16.8 Å². The van der Waals surface area contributed by atoms with Crippen molar-refractivity contribution in [3.8, 4) is 0 Å². The first-order valence-corrected chi connectivity index (χ1v) is 6.37. The zero-order valence-electron chi connectivity index (χ0n) is 7.00. The molecule has 0 spiro atoms. The second-order valence-electron chi connectivity index (χ2n) is 3.52. The number of thiophene rings is 1. The van der Waals surface area contributed by atoms with Crippen molar-refractivity contribution in [1.82, 2.24) is 0 Å². The highest BCUT2D eigenvalue weighted by atomic mass is 79.9. The zero-order valence-corrected chi connectivity index (χ0v) is 9.40. The Balaban J connectivity index is 1.74. The first-order chi connectivity index (χ1) is 5.86. The minimum atomic E-state index is 0.775. The Morgan fingerprint density at radius 3 is 3.00 bits per heavy atom. The molecule has 1 unspecified atom stereocenters. The molecule has 1 aromatic rings. The van der Waals surface area contributed by atoms with Crippen molar-refractivity contribution in [2.45, 2.75) is 30.5 Å². The van der Waals surface area contributed by atoms with Crippen LogP contribution in [0, 0.1) is 5.92 Å². The van der Waals surface area contributed by atoms with E-state index < -0.39 is 0 Å². The number of alkyl halides is 1. The van der Waals surface area contributed by atoms with Crippen LogP contribution in [0.5, 0.6) is 0 Å². The Labute approximate surface area is 86.1 Å². The number of rotatable bonds is 4. The molecule has 2 heteroatoms. The van der Waals surface area contributed by atoms with E-state index in [1.807, 2.05) is 0 Å². The fourth-order valence-electron chi connectivity index (χ4n) is 1.43. The van der Waals surface area contributed by atoms with E-state index in [1.54, 1.807) is 11.3 Å². The van der Waals surface area contributed by atoms with Crippen molar-refractivity contribution < 1.29 is 0 Å². The third-order valence-electron chi connectivity index (χ3n) is 2.42. The van der Waals surface area contributed by atoms with E-state index in [4.69, 9.17) is 0 Å². The standard InChI is InChI=1S/C10H13BrS/c11-10(9-2-3-9)4-1-8-5-6-12-7-8/h5-7,9-10H,1-4H2. The van der Waals surface area contributed by atoms with Gasteiger partial charge in [-0.1, -0.05) is 15.9 Å². The lowest BCUT2D eigenvalue weighted by Crippen LogP contribution is -2.01. The summed E-state index contributed by atoms with van der Waals surface area (Å²) in [6.45, 7) is 0. The second kappa shape index (κ2) is 3.93. The maximum atomic E-state index is 3.75. The van der Waals surface area contributed by atoms with Gasteiger partial charge in [0.15, 0.2) is 0 Å². The molecule has 66 valence electrons. The monoisotopic (exact) mass is 244 g/mol. The highest BCUT2D eigenvalue weighted by Crippen LogP contribution is 2.38. The van der Waals surface area contributed by atoms with Crippen molar-refractivity contribution >= 4 is 27.3 Å². The maximum Gasteiger partial charge on any atom is 0.0177 e. The molecule has 0 aromatic carbocycles. The topological polar surface area (TPSA) is 0 Å². The molecule has 1 saturated carbocycles. The molecule has 0 saturated heterocycles. The molecule has 1 aromatic heterocycles. The van der Waals surface area contributed by atoms with Crippen LogP contribution in [0.4, 0.5) is 0 Å². The number of hydrogen-bond donors (Lipinski definition) is 0. The highest BCUT2D eigenvalue weighted by Gasteiger charge is 2.28. The summed E-state index contributed by atoms with van der Waals surface area (Å²) in [7, 11) is 0. The van der Waals surface area contributed by atoms with Gasteiger partial charge in [0.2, 0.25) is 0 Å². The normalized spacial score (nSPS) is 19.4. The van der Waals surface area contributed by atoms with Crippen LogP contribution in [-0.4, -0.2) is 4.83 Å². The van der Waals surface area contributed by atoms with Crippen molar-refractivity contribution in [3.63, 3.8) is 0 Å². The van der Waals surface area contributed by atoms with Crippen LogP contribution < -0.4 is 0 Å². The van der Waals surface area contributed by atoms with Gasteiger partial charge in [0.05, 0.1) is 0 Å². The summed E-state index contributed by atoms with van der Waals surface area (Å²) in [5.41, 5.74) is 1.50. The predicted molar refractivity (Wildman–Crippen MR) is 58.1 cm³/mol. The quantitative estimate of drug-likeness (QED) is 0.707. The van der Waals surface area contributed by atoms with E-state index in [-0.39, 0.29) is 0 Å². The summed E-state index contributed by atoms with van der Waals surface area (Å²) in [4.78, 5) is 0.775. The molecule has 0 amide bonds. The van der Waals surface area contributed by atoms with Gasteiger partial charge in [0.25, 0.3) is 0 Å². The molecule has 2 rings (SSSR count). The van der Waals surface area contributed by atoms with E-state index in [2.05, 4.69) is 32.8 Å². The van der Waals surface area contributed by atoms with Gasteiger partial charge < -0.3 is 0 Å². The summed E-state index contributed by atoms with van der Waals surface area (Å²) in [6.07, 6.45) is 5.44. The summed E-state index contributed by atoms with van der Waals surface area (Å²) in [5, 5.41) is 4.42. The van der Waals surface area contributed by atoms with Gasteiger partial charge in [-0.3, -0.25) is 0 Å². The molecule has 1 fully saturated rings. The minimum absolute atomic E-state index is 0.775. The highest BCUT2D eigenvalue weighted by molar-refractivity contribution is 9.09. The first-order valence-electron chi connectivity index (χ1n) is 4.51. The summed E-state index contributed by atoms with van der Waals surface area (Å²) in [5.74, 6) is 0.989. The van der Waals surface area contributed by atoms with Crippen LogP contribution in [-0.2, 0) is 6.42 Å². The number of hydrogen-bond acceptors (Lipinski definition) is 1. The molecule has 12 heavy (non-hydrogen) atoms. The van der Waals surface area contributed by atoms with E-state index in [1.165, 1.54) is 31.2 Å². The molecule has 0 radical (unpaired) electrons. The van der Waals surface area contributed by atoms with Crippen LogP contribution in [0.2, 0.25) is 0 Å². The molecule has 0 nitrogen and oxygen atoms in total. The van der Waals surface area contributed by atoms with Crippen LogP contribution in [0.1, 0.15) is 24.8 Å². The largest absolute Gasteiger partial charge is 0.152 e. The Morgan fingerprint density at radius 1 is 1.58 bits per heavy atom. The van der Waals surface area contributed by atoms with Crippen LogP contribution in [0.25, 0.3) is 0 Å². The minimum Gasteiger partial charge on any atom is -0.152 e. The van der Waals surface area contributed by atoms with Gasteiger partial charge in [0.1, 0.15) is 0 Å². The lowest BCUT2D eigenvalue weighted by molar-refractivity contribution is 0.697. The van der Waals surface area contributed by atoms with Crippen LogP contribution >= 0.6 is 27.3 Å². The van der Waals surface area contributed by atoms with E-state index in [0.29, 0.717) is 0 Å². The Hall–Kier alpha value is 0.180. The molecule has 1 aliphatic rings. The number of aryl methyl sites for hydroxylation is 1. The molecular weight excluding hydrogens is 232 g/mol. The summed E-state index contributed by atoms with van der Waals surface area (Å²) < 4.78 is 0. The van der Waals surface area contributed by atoms with E-state index in [0.717, 1.165) is 10.7 Å². The third-order valence-corrected chi connectivity index (χ3v) is 4.36. The van der Waals surface area contributed by atoms with E-state index >= 15 is 0 Å². The van der Waals surface area contributed by atoms with Crippen LogP contribution in [0.3, 0.4) is 0 Å². The fourth-order valence-corrected chi connectivity index (χ4v) is 2.89. The number of halogens is 1. The van der Waals surface area contributed by atoms with Gasteiger partial charge in [0, 0.05) is 4.83 Å². The summed E-state index contributed by atoms with van der Waals surface area (Å²) >= 11 is 5.55. The molecule has 0 aliphatic heterocycles. The van der Waals surface area contributed by atoms with Gasteiger partial charge in [-0.05, 0) is 54.0 Å². The Kier molecular flexibility index (Phi) is 2.87. The maximum absolute atomic E-state index is 3.75. The fraction of sp³-hybridized carbons (Fsp3) is 0.600. The SMILES string of the molecule is BrC(CCc1ccsc1)C1CC1. The molecule has 1 atom stereocenters.